The fraction of sp³-hybridized carbons (Fsp3) is 0.476. The molecule has 142 valence electrons. The van der Waals surface area contributed by atoms with E-state index in [2.05, 4.69) is 37.4 Å². The maximum Gasteiger partial charge on any atom is 0.276 e. The van der Waals surface area contributed by atoms with Crippen molar-refractivity contribution in [3.05, 3.63) is 42.1 Å². The van der Waals surface area contributed by atoms with Crippen LogP contribution in [0.1, 0.15) is 49.0 Å². The molecular weight excluding hydrogens is 338 g/mol. The second kappa shape index (κ2) is 8.37. The number of piperidine rings is 2. The van der Waals surface area contributed by atoms with Gasteiger partial charge in [0.2, 0.25) is 0 Å². The number of hydrogen-bond donors (Lipinski definition) is 1. The van der Waals surface area contributed by atoms with Gasteiger partial charge in [0.1, 0.15) is 0 Å². The van der Waals surface area contributed by atoms with Crippen LogP contribution in [0, 0.1) is 0 Å². The average molecular weight is 365 g/mol. The summed E-state index contributed by atoms with van der Waals surface area (Å²) in [7, 11) is 0. The Kier molecular flexibility index (Phi) is 5.51. The van der Waals surface area contributed by atoms with E-state index in [-0.39, 0.29) is 5.91 Å². The lowest BCUT2D eigenvalue weighted by Crippen LogP contribution is -2.30. The van der Waals surface area contributed by atoms with Gasteiger partial charge in [-0.15, -0.1) is 10.2 Å². The second-order valence-electron chi connectivity index (χ2n) is 7.37. The quantitative estimate of drug-likeness (QED) is 0.895. The molecule has 0 unspecified atom stereocenters. The summed E-state index contributed by atoms with van der Waals surface area (Å²) < 4.78 is 0. The highest BCUT2D eigenvalue weighted by atomic mass is 16.1. The molecule has 2 aromatic rings. The van der Waals surface area contributed by atoms with Crippen LogP contribution in [-0.4, -0.2) is 42.3 Å². The van der Waals surface area contributed by atoms with Crippen molar-refractivity contribution in [3.8, 4) is 0 Å². The molecule has 0 bridgehead atoms. The molecule has 0 saturated carbocycles. The molecule has 2 saturated heterocycles. The van der Waals surface area contributed by atoms with Gasteiger partial charge in [0.15, 0.2) is 11.5 Å². The smallest absolute Gasteiger partial charge is 0.276 e. The summed E-state index contributed by atoms with van der Waals surface area (Å²) in [6.45, 7) is 4.27. The highest BCUT2D eigenvalue weighted by molar-refractivity contribution is 6.02. The molecule has 6 heteroatoms. The van der Waals surface area contributed by atoms with Gasteiger partial charge in [0, 0.05) is 37.6 Å². The summed E-state index contributed by atoms with van der Waals surface area (Å²) >= 11 is 0. The highest BCUT2D eigenvalue weighted by Gasteiger charge is 2.15. The van der Waals surface area contributed by atoms with Crippen molar-refractivity contribution in [2.45, 2.75) is 38.5 Å². The number of benzene rings is 1. The topological polar surface area (TPSA) is 61.4 Å². The van der Waals surface area contributed by atoms with Crippen molar-refractivity contribution >= 4 is 23.1 Å². The van der Waals surface area contributed by atoms with Crippen molar-refractivity contribution in [2.75, 3.05) is 41.3 Å². The standard InChI is InChI=1S/C21H27N5O/c27-21(19-11-12-20(24-23-19)26-15-5-2-6-16-26)22-17-7-9-18(10-8-17)25-13-3-1-4-14-25/h7-12H,1-6,13-16H2,(H,22,27). The van der Waals surface area contributed by atoms with Gasteiger partial charge >= 0.3 is 0 Å². The maximum atomic E-state index is 12.5. The van der Waals surface area contributed by atoms with Crippen LogP contribution >= 0.6 is 0 Å². The zero-order valence-corrected chi connectivity index (χ0v) is 15.7. The lowest BCUT2D eigenvalue weighted by Gasteiger charge is -2.28. The number of rotatable bonds is 4. The number of hydrogen-bond acceptors (Lipinski definition) is 5. The molecule has 4 rings (SSSR count). The average Bonchev–Trinajstić information content (AvgIpc) is 2.76. The van der Waals surface area contributed by atoms with Gasteiger partial charge in [-0.1, -0.05) is 0 Å². The molecule has 2 aliphatic heterocycles. The minimum absolute atomic E-state index is 0.224. The Morgan fingerprint density at radius 1 is 0.741 bits per heavy atom. The summed E-state index contributed by atoms with van der Waals surface area (Å²) in [6, 6.07) is 11.7. The third-order valence-corrected chi connectivity index (χ3v) is 5.41. The van der Waals surface area contributed by atoms with Gasteiger partial charge < -0.3 is 15.1 Å². The molecule has 1 aromatic carbocycles. The number of nitrogens with zero attached hydrogens (tertiary/aromatic N) is 4. The normalized spacial score (nSPS) is 17.6. The third kappa shape index (κ3) is 4.38. The molecule has 0 spiro atoms. The summed E-state index contributed by atoms with van der Waals surface area (Å²) in [6.07, 6.45) is 7.49. The minimum Gasteiger partial charge on any atom is -0.372 e. The van der Waals surface area contributed by atoms with E-state index in [1.165, 1.54) is 44.2 Å². The van der Waals surface area contributed by atoms with Crippen LogP contribution in [0.15, 0.2) is 36.4 Å². The lowest BCUT2D eigenvalue weighted by molar-refractivity contribution is 0.102. The van der Waals surface area contributed by atoms with Crippen molar-refractivity contribution in [2.24, 2.45) is 0 Å². The summed E-state index contributed by atoms with van der Waals surface area (Å²) in [5, 5.41) is 11.3. The second-order valence-corrected chi connectivity index (χ2v) is 7.37. The maximum absolute atomic E-state index is 12.5. The highest BCUT2D eigenvalue weighted by Crippen LogP contribution is 2.22. The number of nitrogens with one attached hydrogen (secondary N) is 1. The fourth-order valence-corrected chi connectivity index (χ4v) is 3.84. The Bertz CT molecular complexity index is 747. The Hall–Kier alpha value is -2.63. The summed E-state index contributed by atoms with van der Waals surface area (Å²) in [4.78, 5) is 17.1. The van der Waals surface area contributed by atoms with E-state index in [4.69, 9.17) is 0 Å². The Balaban J connectivity index is 1.36. The first-order valence-electron chi connectivity index (χ1n) is 10.0. The van der Waals surface area contributed by atoms with E-state index in [0.29, 0.717) is 5.69 Å². The van der Waals surface area contributed by atoms with Gasteiger partial charge in [-0.2, -0.15) is 0 Å². The van der Waals surface area contributed by atoms with Gasteiger partial charge in [-0.3, -0.25) is 4.79 Å². The van der Waals surface area contributed by atoms with Crippen molar-refractivity contribution in [3.63, 3.8) is 0 Å². The molecule has 2 fully saturated rings. The number of carbonyl (C=O) groups is 1. The number of carbonyl (C=O) groups excluding carboxylic acids is 1. The van der Waals surface area contributed by atoms with Crippen LogP contribution in [-0.2, 0) is 0 Å². The number of anilines is 3. The Morgan fingerprint density at radius 2 is 1.37 bits per heavy atom. The minimum atomic E-state index is -0.224. The molecule has 0 atom stereocenters. The first-order valence-corrected chi connectivity index (χ1v) is 10.0. The molecule has 2 aliphatic rings. The summed E-state index contributed by atoms with van der Waals surface area (Å²) in [5.41, 5.74) is 2.34. The molecule has 27 heavy (non-hydrogen) atoms. The SMILES string of the molecule is O=C(Nc1ccc(N2CCCCC2)cc1)c1ccc(N2CCCCC2)nn1. The fourth-order valence-electron chi connectivity index (χ4n) is 3.84. The van der Waals surface area contributed by atoms with E-state index in [1.807, 2.05) is 18.2 Å². The zero-order chi connectivity index (χ0) is 18.5. The van der Waals surface area contributed by atoms with Crippen LogP contribution in [0.3, 0.4) is 0 Å². The van der Waals surface area contributed by atoms with E-state index >= 15 is 0 Å². The zero-order valence-electron chi connectivity index (χ0n) is 15.7. The van der Waals surface area contributed by atoms with E-state index in [1.54, 1.807) is 6.07 Å². The largest absolute Gasteiger partial charge is 0.372 e. The van der Waals surface area contributed by atoms with Crippen LogP contribution in [0.2, 0.25) is 0 Å². The molecular formula is C21H27N5O. The van der Waals surface area contributed by atoms with Gasteiger partial charge in [0.05, 0.1) is 0 Å². The Morgan fingerprint density at radius 3 is 1.96 bits per heavy atom. The van der Waals surface area contributed by atoms with Crippen LogP contribution < -0.4 is 15.1 Å². The molecule has 1 N–H and O–H groups in total. The molecule has 0 radical (unpaired) electrons. The Labute approximate surface area is 160 Å². The van der Waals surface area contributed by atoms with E-state index in [9.17, 15) is 4.79 Å². The molecule has 3 heterocycles. The van der Waals surface area contributed by atoms with Crippen molar-refractivity contribution in [1.82, 2.24) is 10.2 Å². The first-order chi connectivity index (χ1) is 13.3. The monoisotopic (exact) mass is 365 g/mol. The van der Waals surface area contributed by atoms with Crippen LogP contribution in [0.25, 0.3) is 0 Å². The predicted octanol–water partition coefficient (Wildman–Crippen LogP) is 3.71. The van der Waals surface area contributed by atoms with E-state index < -0.39 is 0 Å². The van der Waals surface area contributed by atoms with Gasteiger partial charge in [0.25, 0.3) is 5.91 Å². The molecule has 6 nitrogen and oxygen atoms in total. The number of aromatic nitrogens is 2. The third-order valence-electron chi connectivity index (χ3n) is 5.41. The lowest BCUT2D eigenvalue weighted by atomic mass is 10.1. The molecule has 0 aliphatic carbocycles. The van der Waals surface area contributed by atoms with Crippen LogP contribution in [0.5, 0.6) is 0 Å². The van der Waals surface area contributed by atoms with Gasteiger partial charge in [-0.05, 0) is 74.9 Å². The molecule has 1 aromatic heterocycles. The first kappa shape index (κ1) is 17.8. The van der Waals surface area contributed by atoms with E-state index in [0.717, 1.165) is 37.7 Å². The van der Waals surface area contributed by atoms with Gasteiger partial charge in [-0.25, -0.2) is 0 Å². The van der Waals surface area contributed by atoms with Crippen LogP contribution in [0.4, 0.5) is 17.2 Å². The van der Waals surface area contributed by atoms with Crippen molar-refractivity contribution in [1.29, 1.82) is 0 Å². The summed E-state index contributed by atoms with van der Waals surface area (Å²) in [5.74, 6) is 0.635. The number of amides is 1. The molecule has 1 amide bonds. The predicted molar refractivity (Wildman–Crippen MR) is 109 cm³/mol. The van der Waals surface area contributed by atoms with Crippen molar-refractivity contribution < 1.29 is 4.79 Å².